The Bertz CT molecular complexity index is 272. The highest BCUT2D eigenvalue weighted by Crippen LogP contribution is 2.56. The molecule has 0 aromatic carbocycles. The molecule has 2 rings (SSSR count). The molecule has 2 aliphatic rings. The molecule has 1 saturated heterocycles. The van der Waals surface area contributed by atoms with Crippen LogP contribution in [0.2, 0.25) is 0 Å². The molecule has 0 radical (unpaired) electrons. The fraction of sp³-hybridized carbons (Fsp3) is 0.923. The second-order valence-electron chi connectivity index (χ2n) is 5.58. The van der Waals surface area contributed by atoms with Gasteiger partial charge in [0, 0.05) is 5.92 Å². The Morgan fingerprint density at radius 2 is 2.13 bits per heavy atom. The second-order valence-corrected chi connectivity index (χ2v) is 5.58. The molecule has 2 nitrogen and oxygen atoms in total. The minimum Gasteiger partial charge on any atom is -0.374 e. The predicted octanol–water partition coefficient (Wildman–Crippen LogP) is 2.81. The lowest BCUT2D eigenvalue weighted by Gasteiger charge is -2.29. The number of hydrogen-bond donors (Lipinski definition) is 0. The van der Waals surface area contributed by atoms with Crippen molar-refractivity contribution in [3.05, 3.63) is 0 Å². The summed E-state index contributed by atoms with van der Waals surface area (Å²) in [7, 11) is 0. The summed E-state index contributed by atoms with van der Waals surface area (Å²) in [6.45, 7) is 8.24. The smallest absolute Gasteiger partial charge is 0.138 e. The Hall–Kier alpha value is -0.370. The van der Waals surface area contributed by atoms with E-state index in [1.165, 1.54) is 12.8 Å². The Morgan fingerprint density at radius 1 is 1.47 bits per heavy atom. The molecule has 0 bridgehead atoms. The standard InChI is InChI=1S/C13H22O2/c1-8(2)12-11-6-5-7-13(11,9(3)14)10(4)15-12/h8,10-12H,5-7H2,1-4H3/t10-,11+,12+,13+/m1/s1. The summed E-state index contributed by atoms with van der Waals surface area (Å²) in [5.41, 5.74) is -0.144. The van der Waals surface area contributed by atoms with Crippen LogP contribution in [0.4, 0.5) is 0 Å². The fourth-order valence-electron chi connectivity index (χ4n) is 3.82. The first kappa shape index (κ1) is 11.1. The molecule has 1 aliphatic carbocycles. The number of Topliss-reactive ketones (excluding diaryl/α,β-unsaturated/α-hetero) is 1. The topological polar surface area (TPSA) is 26.3 Å². The monoisotopic (exact) mass is 210 g/mol. The van der Waals surface area contributed by atoms with Gasteiger partial charge in [-0.1, -0.05) is 20.3 Å². The van der Waals surface area contributed by atoms with Crippen LogP contribution in [0.3, 0.4) is 0 Å². The summed E-state index contributed by atoms with van der Waals surface area (Å²) in [6, 6.07) is 0. The van der Waals surface area contributed by atoms with Crippen molar-refractivity contribution in [1.29, 1.82) is 0 Å². The summed E-state index contributed by atoms with van der Waals surface area (Å²) in [4.78, 5) is 11.9. The van der Waals surface area contributed by atoms with Gasteiger partial charge >= 0.3 is 0 Å². The van der Waals surface area contributed by atoms with Crippen LogP contribution >= 0.6 is 0 Å². The lowest BCUT2D eigenvalue weighted by Crippen LogP contribution is -2.38. The Balaban J connectivity index is 2.33. The molecule has 0 unspecified atom stereocenters. The number of hydrogen-bond acceptors (Lipinski definition) is 2. The number of ether oxygens (including phenoxy) is 1. The third-order valence-corrected chi connectivity index (χ3v) is 4.56. The van der Waals surface area contributed by atoms with Gasteiger partial charge in [-0.3, -0.25) is 4.79 Å². The summed E-state index contributed by atoms with van der Waals surface area (Å²) in [5.74, 6) is 1.35. The van der Waals surface area contributed by atoms with Crippen molar-refractivity contribution in [2.75, 3.05) is 0 Å². The van der Waals surface area contributed by atoms with Gasteiger partial charge in [0.25, 0.3) is 0 Å². The molecule has 0 aromatic rings. The SMILES string of the molecule is CC(=O)[C@]12CCC[C@H]1[C@H](C(C)C)O[C@@H]2C. The number of ketones is 1. The fourth-order valence-corrected chi connectivity index (χ4v) is 3.82. The van der Waals surface area contributed by atoms with Gasteiger partial charge in [-0.05, 0) is 32.6 Å². The zero-order chi connectivity index (χ0) is 11.2. The molecule has 2 fully saturated rings. The van der Waals surface area contributed by atoms with E-state index < -0.39 is 0 Å². The maximum atomic E-state index is 11.9. The van der Waals surface area contributed by atoms with Gasteiger partial charge in [-0.2, -0.15) is 0 Å². The quantitative estimate of drug-likeness (QED) is 0.700. The molecule has 86 valence electrons. The Labute approximate surface area is 92.4 Å². The maximum Gasteiger partial charge on any atom is 0.138 e. The van der Waals surface area contributed by atoms with Crippen molar-refractivity contribution in [2.45, 2.75) is 59.2 Å². The highest BCUT2D eigenvalue weighted by Gasteiger charge is 2.59. The van der Waals surface area contributed by atoms with Crippen LogP contribution < -0.4 is 0 Å². The molecule has 2 heteroatoms. The number of rotatable bonds is 2. The van der Waals surface area contributed by atoms with Gasteiger partial charge in [0.05, 0.1) is 17.6 Å². The Kier molecular flexibility index (Phi) is 2.66. The largest absolute Gasteiger partial charge is 0.374 e. The van der Waals surface area contributed by atoms with Crippen LogP contribution in [0.25, 0.3) is 0 Å². The first-order valence-electron chi connectivity index (χ1n) is 6.16. The number of carbonyl (C=O) groups is 1. The van der Waals surface area contributed by atoms with Crippen LogP contribution in [0.15, 0.2) is 0 Å². The molecule has 1 heterocycles. The van der Waals surface area contributed by atoms with E-state index in [2.05, 4.69) is 20.8 Å². The van der Waals surface area contributed by atoms with Gasteiger partial charge in [0.15, 0.2) is 0 Å². The van der Waals surface area contributed by atoms with Crippen molar-refractivity contribution < 1.29 is 9.53 Å². The predicted molar refractivity (Wildman–Crippen MR) is 59.6 cm³/mol. The molecule has 0 N–H and O–H groups in total. The normalized spacial score (nSPS) is 44.7. The average molecular weight is 210 g/mol. The van der Waals surface area contributed by atoms with E-state index in [1.54, 1.807) is 6.92 Å². The first-order chi connectivity index (χ1) is 7.00. The summed E-state index contributed by atoms with van der Waals surface area (Å²) >= 11 is 0. The summed E-state index contributed by atoms with van der Waals surface area (Å²) in [5, 5.41) is 0. The maximum absolute atomic E-state index is 11.9. The van der Waals surface area contributed by atoms with E-state index in [0.717, 1.165) is 6.42 Å². The van der Waals surface area contributed by atoms with Crippen molar-refractivity contribution in [2.24, 2.45) is 17.3 Å². The zero-order valence-corrected chi connectivity index (χ0v) is 10.2. The van der Waals surface area contributed by atoms with Crippen LogP contribution in [-0.2, 0) is 9.53 Å². The van der Waals surface area contributed by atoms with Crippen LogP contribution in [-0.4, -0.2) is 18.0 Å². The average Bonchev–Trinajstić information content (AvgIpc) is 2.65. The first-order valence-corrected chi connectivity index (χ1v) is 6.16. The van der Waals surface area contributed by atoms with Crippen LogP contribution in [0, 0.1) is 17.3 Å². The molecule has 15 heavy (non-hydrogen) atoms. The minimum absolute atomic E-state index is 0.120. The molecule has 0 amide bonds. The minimum atomic E-state index is -0.144. The summed E-state index contributed by atoms with van der Waals surface area (Å²) in [6.07, 6.45) is 3.83. The highest BCUT2D eigenvalue weighted by molar-refractivity contribution is 5.84. The third kappa shape index (κ3) is 1.37. The van der Waals surface area contributed by atoms with Crippen molar-refractivity contribution in [3.8, 4) is 0 Å². The number of carbonyl (C=O) groups excluding carboxylic acids is 1. The zero-order valence-electron chi connectivity index (χ0n) is 10.2. The molecule has 4 atom stereocenters. The second kappa shape index (κ2) is 3.58. The van der Waals surface area contributed by atoms with Crippen LogP contribution in [0.1, 0.15) is 47.0 Å². The van der Waals surface area contributed by atoms with E-state index in [0.29, 0.717) is 23.7 Å². The Morgan fingerprint density at radius 3 is 2.67 bits per heavy atom. The van der Waals surface area contributed by atoms with E-state index in [9.17, 15) is 4.79 Å². The molecule has 1 saturated carbocycles. The van der Waals surface area contributed by atoms with Gasteiger partial charge in [0.2, 0.25) is 0 Å². The van der Waals surface area contributed by atoms with E-state index in [1.807, 2.05) is 0 Å². The van der Waals surface area contributed by atoms with Gasteiger partial charge in [-0.25, -0.2) is 0 Å². The molecule has 1 aliphatic heterocycles. The van der Waals surface area contributed by atoms with E-state index in [4.69, 9.17) is 4.74 Å². The lowest BCUT2D eigenvalue weighted by molar-refractivity contribution is -0.130. The van der Waals surface area contributed by atoms with Gasteiger partial charge in [-0.15, -0.1) is 0 Å². The molecular formula is C13H22O2. The van der Waals surface area contributed by atoms with Crippen LogP contribution in [0.5, 0.6) is 0 Å². The van der Waals surface area contributed by atoms with Gasteiger partial charge < -0.3 is 4.74 Å². The molecular weight excluding hydrogens is 188 g/mol. The van der Waals surface area contributed by atoms with Crippen molar-refractivity contribution in [3.63, 3.8) is 0 Å². The third-order valence-electron chi connectivity index (χ3n) is 4.56. The lowest BCUT2D eigenvalue weighted by atomic mass is 9.70. The number of fused-ring (bicyclic) bond motifs is 1. The van der Waals surface area contributed by atoms with E-state index in [-0.39, 0.29) is 11.5 Å². The molecule has 0 spiro atoms. The van der Waals surface area contributed by atoms with E-state index >= 15 is 0 Å². The van der Waals surface area contributed by atoms with Gasteiger partial charge in [0.1, 0.15) is 5.78 Å². The molecule has 0 aromatic heterocycles. The highest BCUT2D eigenvalue weighted by atomic mass is 16.5. The van der Waals surface area contributed by atoms with Crippen molar-refractivity contribution in [1.82, 2.24) is 0 Å². The van der Waals surface area contributed by atoms with Crippen molar-refractivity contribution >= 4 is 5.78 Å². The summed E-state index contributed by atoms with van der Waals surface area (Å²) < 4.78 is 6.03.